The van der Waals surface area contributed by atoms with E-state index >= 15 is 0 Å². The van der Waals surface area contributed by atoms with Crippen LogP contribution >= 0.6 is 0 Å². The first-order valence-corrected chi connectivity index (χ1v) is 8.02. The van der Waals surface area contributed by atoms with Gasteiger partial charge in [0, 0.05) is 37.9 Å². The van der Waals surface area contributed by atoms with Crippen LogP contribution in [0.2, 0.25) is 0 Å². The van der Waals surface area contributed by atoms with Crippen molar-refractivity contribution in [1.29, 1.82) is 0 Å². The summed E-state index contributed by atoms with van der Waals surface area (Å²) >= 11 is 0. The molecule has 1 aromatic carbocycles. The summed E-state index contributed by atoms with van der Waals surface area (Å²) < 4.78 is 31.9. The van der Waals surface area contributed by atoms with Crippen molar-refractivity contribution >= 4 is 5.91 Å². The average Bonchev–Trinajstić information content (AvgIpc) is 3.04. The molecule has 2 aromatic rings. The van der Waals surface area contributed by atoms with E-state index in [4.69, 9.17) is 4.74 Å². The van der Waals surface area contributed by atoms with Crippen LogP contribution in [0.25, 0.3) is 0 Å². The van der Waals surface area contributed by atoms with Gasteiger partial charge in [-0.1, -0.05) is 6.07 Å². The molecule has 0 spiro atoms. The highest BCUT2D eigenvalue weighted by molar-refractivity contribution is 5.94. The molecule has 1 amide bonds. The van der Waals surface area contributed by atoms with Crippen molar-refractivity contribution in [3.63, 3.8) is 0 Å². The Morgan fingerprint density at radius 2 is 2.20 bits per heavy atom. The molecule has 3 rings (SSSR count). The van der Waals surface area contributed by atoms with Crippen LogP contribution in [-0.4, -0.2) is 42.0 Å². The van der Waals surface area contributed by atoms with Gasteiger partial charge in [0.2, 0.25) is 5.88 Å². The number of carbonyl (C=O) groups excluding carboxylic acids is 1. The van der Waals surface area contributed by atoms with Crippen LogP contribution in [0.1, 0.15) is 22.3 Å². The topological polar surface area (TPSA) is 54.5 Å². The van der Waals surface area contributed by atoms with Gasteiger partial charge in [-0.25, -0.2) is 13.8 Å². The van der Waals surface area contributed by atoms with E-state index in [1.54, 1.807) is 19.4 Å². The summed E-state index contributed by atoms with van der Waals surface area (Å²) in [5, 5.41) is 2.77. The molecule has 0 radical (unpaired) electrons. The smallest absolute Gasteiger partial charge is 0.254 e. The van der Waals surface area contributed by atoms with E-state index in [1.165, 1.54) is 0 Å². The van der Waals surface area contributed by atoms with E-state index in [1.807, 2.05) is 6.07 Å². The molecule has 1 aliphatic heterocycles. The number of ether oxygens (including phenoxy) is 1. The number of hydrogen-bond acceptors (Lipinski definition) is 4. The van der Waals surface area contributed by atoms with E-state index in [-0.39, 0.29) is 11.6 Å². The number of benzene rings is 1. The molecule has 1 aromatic heterocycles. The Morgan fingerprint density at radius 3 is 2.92 bits per heavy atom. The van der Waals surface area contributed by atoms with Crippen molar-refractivity contribution in [3.8, 4) is 5.88 Å². The molecule has 0 unspecified atom stereocenters. The highest BCUT2D eigenvalue weighted by Crippen LogP contribution is 2.16. The third-order valence-corrected chi connectivity index (χ3v) is 4.19. The lowest BCUT2D eigenvalue weighted by molar-refractivity contribution is 0.0933. The molecule has 25 heavy (non-hydrogen) atoms. The van der Waals surface area contributed by atoms with Crippen molar-refractivity contribution in [1.82, 2.24) is 15.2 Å². The maximum Gasteiger partial charge on any atom is 0.254 e. The summed E-state index contributed by atoms with van der Waals surface area (Å²) in [4.78, 5) is 18.5. The number of nitrogens with zero attached hydrogens (tertiary/aromatic N) is 2. The number of likely N-dealkylation sites (tertiary alicyclic amines) is 1. The zero-order chi connectivity index (χ0) is 17.8. The van der Waals surface area contributed by atoms with Gasteiger partial charge in [-0.2, -0.15) is 0 Å². The van der Waals surface area contributed by atoms with Crippen molar-refractivity contribution in [2.45, 2.75) is 19.0 Å². The lowest BCUT2D eigenvalue weighted by atomic mass is 10.1. The Morgan fingerprint density at radius 1 is 1.36 bits per heavy atom. The van der Waals surface area contributed by atoms with Crippen LogP contribution in [0.4, 0.5) is 8.78 Å². The highest BCUT2D eigenvalue weighted by atomic mass is 19.1. The maximum absolute atomic E-state index is 13.7. The zero-order valence-electron chi connectivity index (χ0n) is 13.8. The summed E-state index contributed by atoms with van der Waals surface area (Å²) in [5.74, 6) is -1.38. The second kappa shape index (κ2) is 7.57. The Kier molecular flexibility index (Phi) is 5.23. The third kappa shape index (κ3) is 4.30. The minimum Gasteiger partial charge on any atom is -0.481 e. The summed E-state index contributed by atoms with van der Waals surface area (Å²) in [5.41, 5.74) is 0.779. The van der Waals surface area contributed by atoms with Gasteiger partial charge < -0.3 is 10.1 Å². The molecular weight excluding hydrogens is 328 g/mol. The standard InChI is InChI=1S/C18H19F2N3O2/c1-25-17-5-2-12(9-21-17)10-23-7-6-14(11-23)22-18(24)15-8-13(19)3-4-16(15)20/h2-5,8-9,14H,6-7,10-11H2,1H3,(H,22,24)/t14-/m1/s1. The SMILES string of the molecule is COc1ccc(CN2CC[C@@H](NC(=O)c3cc(F)ccc3F)C2)cn1. The number of halogens is 2. The van der Waals surface area contributed by atoms with E-state index in [2.05, 4.69) is 15.2 Å². The number of pyridine rings is 1. The van der Waals surface area contributed by atoms with Crippen LogP contribution in [0.5, 0.6) is 5.88 Å². The molecule has 2 heterocycles. The quantitative estimate of drug-likeness (QED) is 0.902. The normalized spacial score (nSPS) is 17.5. The number of hydrogen-bond donors (Lipinski definition) is 1. The van der Waals surface area contributed by atoms with E-state index < -0.39 is 17.5 Å². The molecule has 5 nitrogen and oxygen atoms in total. The van der Waals surface area contributed by atoms with Crippen LogP contribution in [-0.2, 0) is 6.54 Å². The Hall–Kier alpha value is -2.54. The molecular formula is C18H19F2N3O2. The monoisotopic (exact) mass is 347 g/mol. The first-order chi connectivity index (χ1) is 12.0. The lowest BCUT2D eigenvalue weighted by Crippen LogP contribution is -2.37. The largest absolute Gasteiger partial charge is 0.481 e. The number of amides is 1. The van der Waals surface area contributed by atoms with Gasteiger partial charge in [0.15, 0.2) is 0 Å². The van der Waals surface area contributed by atoms with Gasteiger partial charge in [0.25, 0.3) is 5.91 Å². The summed E-state index contributed by atoms with van der Waals surface area (Å²) in [6.45, 7) is 2.16. The first-order valence-electron chi connectivity index (χ1n) is 8.02. The Labute approximate surface area is 144 Å². The van der Waals surface area contributed by atoms with Gasteiger partial charge in [-0.05, 0) is 30.2 Å². The predicted octanol–water partition coefficient (Wildman–Crippen LogP) is 2.37. The highest BCUT2D eigenvalue weighted by Gasteiger charge is 2.25. The third-order valence-electron chi connectivity index (χ3n) is 4.19. The molecule has 0 saturated carbocycles. The zero-order valence-corrected chi connectivity index (χ0v) is 13.8. The van der Waals surface area contributed by atoms with Crippen molar-refractivity contribution in [3.05, 3.63) is 59.3 Å². The average molecular weight is 347 g/mol. The van der Waals surface area contributed by atoms with Gasteiger partial charge in [-0.3, -0.25) is 9.69 Å². The number of methoxy groups -OCH3 is 1. The molecule has 1 aliphatic rings. The Bertz CT molecular complexity index is 752. The maximum atomic E-state index is 13.7. The van der Waals surface area contributed by atoms with E-state index in [0.717, 1.165) is 36.7 Å². The number of nitrogens with one attached hydrogen (secondary N) is 1. The van der Waals surface area contributed by atoms with Gasteiger partial charge in [0.05, 0.1) is 12.7 Å². The Balaban J connectivity index is 1.55. The van der Waals surface area contributed by atoms with Gasteiger partial charge in [-0.15, -0.1) is 0 Å². The number of carbonyl (C=O) groups is 1. The van der Waals surface area contributed by atoms with Crippen molar-refractivity contribution < 1.29 is 18.3 Å². The summed E-state index contributed by atoms with van der Waals surface area (Å²) in [6.07, 6.45) is 2.51. The molecule has 132 valence electrons. The lowest BCUT2D eigenvalue weighted by Gasteiger charge is -2.17. The van der Waals surface area contributed by atoms with E-state index in [0.29, 0.717) is 19.0 Å². The van der Waals surface area contributed by atoms with Crippen LogP contribution in [0.3, 0.4) is 0 Å². The molecule has 7 heteroatoms. The van der Waals surface area contributed by atoms with Crippen LogP contribution in [0.15, 0.2) is 36.5 Å². The van der Waals surface area contributed by atoms with Crippen molar-refractivity contribution in [2.75, 3.05) is 20.2 Å². The van der Waals surface area contributed by atoms with E-state index in [9.17, 15) is 13.6 Å². The van der Waals surface area contributed by atoms with Gasteiger partial charge in [0.1, 0.15) is 11.6 Å². The van der Waals surface area contributed by atoms with Crippen LogP contribution < -0.4 is 10.1 Å². The molecule has 1 N–H and O–H groups in total. The molecule has 0 aliphatic carbocycles. The summed E-state index contributed by atoms with van der Waals surface area (Å²) in [6, 6.07) is 6.52. The minimum absolute atomic E-state index is 0.0959. The second-order valence-electron chi connectivity index (χ2n) is 6.03. The fourth-order valence-electron chi connectivity index (χ4n) is 2.91. The number of rotatable bonds is 5. The van der Waals surface area contributed by atoms with Gasteiger partial charge >= 0.3 is 0 Å². The summed E-state index contributed by atoms with van der Waals surface area (Å²) in [7, 11) is 1.57. The first kappa shape index (κ1) is 17.3. The molecule has 1 atom stereocenters. The second-order valence-corrected chi connectivity index (χ2v) is 6.03. The fourth-order valence-corrected chi connectivity index (χ4v) is 2.91. The fraction of sp³-hybridized carbons (Fsp3) is 0.333. The minimum atomic E-state index is -0.724. The molecule has 1 saturated heterocycles. The van der Waals surface area contributed by atoms with Crippen molar-refractivity contribution in [2.24, 2.45) is 0 Å². The molecule has 1 fully saturated rings. The number of aromatic nitrogens is 1. The predicted molar refractivity (Wildman–Crippen MR) is 88.3 cm³/mol. The van der Waals surface area contributed by atoms with Crippen LogP contribution in [0, 0.1) is 11.6 Å². The molecule has 0 bridgehead atoms.